The van der Waals surface area contributed by atoms with Gasteiger partial charge in [-0.25, -0.2) is 4.98 Å². The van der Waals surface area contributed by atoms with Crippen molar-refractivity contribution in [3.8, 4) is 6.07 Å². The molecule has 1 saturated carbocycles. The van der Waals surface area contributed by atoms with Gasteiger partial charge in [0.25, 0.3) is 0 Å². The number of fused-ring (bicyclic) bond motifs is 1. The van der Waals surface area contributed by atoms with Crippen LogP contribution in [0.25, 0.3) is 11.0 Å². The molecule has 0 bridgehead atoms. The van der Waals surface area contributed by atoms with Crippen LogP contribution in [-0.2, 0) is 16.0 Å². The molecule has 1 saturated heterocycles. The van der Waals surface area contributed by atoms with Gasteiger partial charge in [0, 0.05) is 19.4 Å². The monoisotopic (exact) mass is 339 g/mol. The van der Waals surface area contributed by atoms with Crippen molar-refractivity contribution in [3.63, 3.8) is 0 Å². The Morgan fingerprint density at radius 1 is 1.16 bits per heavy atom. The van der Waals surface area contributed by atoms with E-state index in [1.807, 2.05) is 24.5 Å². The van der Waals surface area contributed by atoms with Gasteiger partial charge in [-0.15, -0.1) is 0 Å². The van der Waals surface area contributed by atoms with Gasteiger partial charge in [-0.3, -0.25) is 0 Å². The topological polar surface area (TPSA) is 60.1 Å². The summed E-state index contributed by atoms with van der Waals surface area (Å²) in [6.45, 7) is 9.14. The second-order valence-electron chi connectivity index (χ2n) is 8.80. The summed E-state index contributed by atoms with van der Waals surface area (Å²) >= 11 is 0. The number of benzene rings is 1. The van der Waals surface area contributed by atoms with Crippen LogP contribution in [0.2, 0.25) is 0 Å². The third-order valence-corrected chi connectivity index (χ3v) is 5.47. The van der Waals surface area contributed by atoms with Crippen LogP contribution in [0, 0.1) is 22.2 Å². The third-order valence-electron chi connectivity index (χ3n) is 5.47. The summed E-state index contributed by atoms with van der Waals surface area (Å²) in [4.78, 5) is 4.51. The minimum atomic E-state index is -0.440. The molecule has 4 rings (SSSR count). The summed E-state index contributed by atoms with van der Waals surface area (Å²) in [5.74, 6) is -0.440. The molecule has 1 atom stereocenters. The normalized spacial score (nSPS) is 27.6. The van der Waals surface area contributed by atoms with Crippen LogP contribution in [0.15, 0.2) is 24.5 Å². The zero-order valence-electron chi connectivity index (χ0n) is 15.2. The first-order valence-electron chi connectivity index (χ1n) is 8.95. The van der Waals surface area contributed by atoms with Crippen molar-refractivity contribution in [1.29, 1.82) is 5.26 Å². The van der Waals surface area contributed by atoms with Gasteiger partial charge in [-0.05, 0) is 35.4 Å². The van der Waals surface area contributed by atoms with E-state index in [2.05, 4.69) is 36.4 Å². The van der Waals surface area contributed by atoms with Crippen LogP contribution in [0.5, 0.6) is 0 Å². The fraction of sp³-hybridized carbons (Fsp3) is 0.600. The van der Waals surface area contributed by atoms with Crippen molar-refractivity contribution in [2.45, 2.75) is 52.4 Å². The van der Waals surface area contributed by atoms with Crippen LogP contribution in [0.3, 0.4) is 0 Å². The molecule has 25 heavy (non-hydrogen) atoms. The van der Waals surface area contributed by atoms with Gasteiger partial charge in [-0.1, -0.05) is 20.8 Å². The molecule has 0 amide bonds. The van der Waals surface area contributed by atoms with Crippen LogP contribution in [0.4, 0.5) is 0 Å². The Morgan fingerprint density at radius 3 is 2.64 bits per heavy atom. The van der Waals surface area contributed by atoms with Crippen molar-refractivity contribution >= 4 is 11.0 Å². The maximum absolute atomic E-state index is 9.19. The van der Waals surface area contributed by atoms with Crippen LogP contribution < -0.4 is 0 Å². The number of rotatable bonds is 2. The minimum Gasteiger partial charge on any atom is -0.347 e. The molecule has 1 aliphatic heterocycles. The van der Waals surface area contributed by atoms with Crippen molar-refractivity contribution < 1.29 is 9.47 Å². The van der Waals surface area contributed by atoms with E-state index in [9.17, 15) is 5.26 Å². The molecule has 2 fully saturated rings. The molecule has 1 aromatic carbocycles. The van der Waals surface area contributed by atoms with E-state index in [-0.39, 0.29) is 10.8 Å². The Labute approximate surface area is 148 Å². The number of aromatic nitrogens is 2. The van der Waals surface area contributed by atoms with Crippen LogP contribution in [-0.4, -0.2) is 28.6 Å². The summed E-state index contributed by atoms with van der Waals surface area (Å²) in [5.41, 5.74) is 2.82. The van der Waals surface area contributed by atoms with Gasteiger partial charge in [-0.2, -0.15) is 5.26 Å². The van der Waals surface area contributed by atoms with Gasteiger partial charge in [0.05, 0.1) is 42.2 Å². The fourth-order valence-electron chi connectivity index (χ4n) is 5.20. The average molecular weight is 339 g/mol. The van der Waals surface area contributed by atoms with Gasteiger partial charge < -0.3 is 14.0 Å². The zero-order valence-corrected chi connectivity index (χ0v) is 15.2. The number of nitriles is 1. The number of ether oxygens (including phenoxy) is 2. The molecule has 5 nitrogen and oxygen atoms in total. The smallest absolute Gasteiger partial charge is 0.169 e. The predicted molar refractivity (Wildman–Crippen MR) is 94.8 cm³/mol. The quantitative estimate of drug-likeness (QED) is 0.833. The van der Waals surface area contributed by atoms with E-state index < -0.39 is 5.79 Å². The molecule has 1 aromatic heterocycles. The predicted octanol–water partition coefficient (Wildman–Crippen LogP) is 3.87. The maximum atomic E-state index is 9.19. The SMILES string of the molecule is CC1(C)CC(C)(Cn2cnc3ccc(C#N)cc32)CC2(C1)OCCO2. The first kappa shape index (κ1) is 16.6. The largest absolute Gasteiger partial charge is 0.347 e. The highest BCUT2D eigenvalue weighted by Crippen LogP contribution is 2.54. The van der Waals surface area contributed by atoms with E-state index in [4.69, 9.17) is 9.47 Å². The minimum absolute atomic E-state index is 0.0440. The molecule has 1 unspecified atom stereocenters. The van der Waals surface area contributed by atoms with E-state index in [1.165, 1.54) is 0 Å². The van der Waals surface area contributed by atoms with Crippen molar-refractivity contribution in [2.24, 2.45) is 10.8 Å². The number of nitrogens with zero attached hydrogens (tertiary/aromatic N) is 3. The second-order valence-corrected chi connectivity index (χ2v) is 8.80. The fourth-order valence-corrected chi connectivity index (χ4v) is 5.20. The Morgan fingerprint density at radius 2 is 1.92 bits per heavy atom. The molecular weight excluding hydrogens is 314 g/mol. The van der Waals surface area contributed by atoms with E-state index in [0.29, 0.717) is 18.8 Å². The molecule has 0 N–H and O–H groups in total. The average Bonchev–Trinajstić information content (AvgIpc) is 3.11. The van der Waals surface area contributed by atoms with Gasteiger partial charge in [0.15, 0.2) is 5.79 Å². The van der Waals surface area contributed by atoms with Gasteiger partial charge >= 0.3 is 0 Å². The Kier molecular flexibility index (Phi) is 3.68. The third kappa shape index (κ3) is 3.05. The molecule has 1 spiro atoms. The number of imidazole rings is 1. The van der Waals surface area contributed by atoms with Gasteiger partial charge in [0.2, 0.25) is 0 Å². The van der Waals surface area contributed by atoms with Crippen LogP contribution in [0.1, 0.15) is 45.6 Å². The lowest BCUT2D eigenvalue weighted by Crippen LogP contribution is -2.49. The summed E-state index contributed by atoms with van der Waals surface area (Å²) in [6.07, 6.45) is 4.83. The van der Waals surface area contributed by atoms with Crippen molar-refractivity contribution in [2.75, 3.05) is 13.2 Å². The summed E-state index contributed by atoms with van der Waals surface area (Å²) in [6, 6.07) is 7.89. The van der Waals surface area contributed by atoms with Crippen LogP contribution >= 0.6 is 0 Å². The Balaban J connectivity index is 1.68. The Bertz CT molecular complexity index is 842. The van der Waals surface area contributed by atoms with E-state index >= 15 is 0 Å². The number of hydrogen-bond acceptors (Lipinski definition) is 4. The zero-order chi connectivity index (χ0) is 17.7. The lowest BCUT2D eigenvalue weighted by Gasteiger charge is -2.50. The highest BCUT2D eigenvalue weighted by Gasteiger charge is 2.52. The van der Waals surface area contributed by atoms with Gasteiger partial charge in [0.1, 0.15) is 0 Å². The lowest BCUT2D eigenvalue weighted by atomic mass is 9.62. The highest BCUT2D eigenvalue weighted by atomic mass is 16.7. The molecule has 5 heteroatoms. The number of hydrogen-bond donors (Lipinski definition) is 0. The lowest BCUT2D eigenvalue weighted by molar-refractivity contribution is -0.226. The molecule has 0 radical (unpaired) electrons. The maximum Gasteiger partial charge on any atom is 0.169 e. The molecule has 1 aliphatic carbocycles. The van der Waals surface area contributed by atoms with Crippen molar-refractivity contribution in [1.82, 2.24) is 9.55 Å². The Hall–Kier alpha value is -1.90. The molecular formula is C20H25N3O2. The highest BCUT2D eigenvalue weighted by molar-refractivity contribution is 5.76. The first-order chi connectivity index (χ1) is 11.8. The standard InChI is InChI=1S/C20H25N3O2/c1-18(2)10-19(3,12-20(11-18)24-6-7-25-20)13-23-14-22-16-5-4-15(9-21)8-17(16)23/h4-5,8,14H,6-7,10-13H2,1-3H3. The molecule has 132 valence electrons. The molecule has 2 aliphatic rings. The van der Waals surface area contributed by atoms with Crippen molar-refractivity contribution in [3.05, 3.63) is 30.1 Å². The second kappa shape index (κ2) is 5.55. The first-order valence-corrected chi connectivity index (χ1v) is 8.95. The molecule has 2 heterocycles. The summed E-state index contributed by atoms with van der Waals surface area (Å²) in [7, 11) is 0. The summed E-state index contributed by atoms with van der Waals surface area (Å²) in [5, 5.41) is 9.19. The van der Waals surface area contributed by atoms with E-state index in [0.717, 1.165) is 36.8 Å². The van der Waals surface area contributed by atoms with E-state index in [1.54, 1.807) is 0 Å². The summed E-state index contributed by atoms with van der Waals surface area (Å²) < 4.78 is 14.3. The molecule has 2 aromatic rings.